The molecule has 2 amide bonds. The molecule has 3 aliphatic rings. The maximum atomic E-state index is 12.3. The van der Waals surface area contributed by atoms with Gasteiger partial charge >= 0.3 is 0 Å². The SMILES string of the molecule is O=C(CCCC(=O)NCc1cccc(-c2cccc(C3OC(CN4CCCC4CN4CCCC4)CC(c4ccc(CO)cc4)O3)c2)c1)NO. The zero-order valence-electron chi connectivity index (χ0n) is 28.3. The summed E-state index contributed by atoms with van der Waals surface area (Å²) in [6, 6.07) is 25.0. The van der Waals surface area contributed by atoms with Crippen molar-refractivity contribution in [3.05, 3.63) is 95.1 Å². The molecule has 3 aromatic rings. The van der Waals surface area contributed by atoms with Crippen molar-refractivity contribution in [1.29, 1.82) is 0 Å². The molecule has 3 saturated heterocycles. The van der Waals surface area contributed by atoms with Crippen molar-refractivity contribution < 1.29 is 29.4 Å². The number of benzene rings is 3. The maximum absolute atomic E-state index is 12.3. The van der Waals surface area contributed by atoms with Crippen LogP contribution >= 0.6 is 0 Å². The molecule has 262 valence electrons. The van der Waals surface area contributed by atoms with E-state index in [1.807, 2.05) is 30.3 Å². The number of hydroxylamine groups is 1. The number of hydrogen-bond donors (Lipinski definition) is 4. The molecular weight excluding hydrogens is 620 g/mol. The minimum absolute atomic E-state index is 0.00839. The number of nitrogens with one attached hydrogen (secondary N) is 2. The monoisotopic (exact) mass is 670 g/mol. The van der Waals surface area contributed by atoms with Crippen LogP contribution in [0.5, 0.6) is 0 Å². The Balaban J connectivity index is 1.15. The van der Waals surface area contributed by atoms with Crippen molar-refractivity contribution in [2.24, 2.45) is 0 Å². The molecule has 0 aromatic heterocycles. The third-order valence-corrected chi connectivity index (χ3v) is 10.1. The molecule has 0 radical (unpaired) electrons. The van der Waals surface area contributed by atoms with Crippen LogP contribution in [-0.2, 0) is 32.2 Å². The van der Waals surface area contributed by atoms with Crippen LogP contribution in [-0.4, -0.2) is 76.8 Å². The first-order valence-electron chi connectivity index (χ1n) is 17.8. The number of amides is 2. The van der Waals surface area contributed by atoms with Crippen molar-refractivity contribution in [1.82, 2.24) is 20.6 Å². The van der Waals surface area contributed by atoms with Crippen molar-refractivity contribution in [3.8, 4) is 11.1 Å². The van der Waals surface area contributed by atoms with Gasteiger partial charge < -0.3 is 24.8 Å². The minimum atomic E-state index is -0.531. The lowest BCUT2D eigenvalue weighted by Crippen LogP contribution is -2.45. The van der Waals surface area contributed by atoms with Crippen LogP contribution < -0.4 is 10.8 Å². The molecule has 10 nitrogen and oxygen atoms in total. The third-order valence-electron chi connectivity index (χ3n) is 10.1. The molecule has 10 heteroatoms. The highest BCUT2D eigenvalue weighted by molar-refractivity contribution is 5.78. The number of rotatable bonds is 14. The van der Waals surface area contributed by atoms with Gasteiger partial charge in [0.25, 0.3) is 0 Å². The smallest absolute Gasteiger partial charge is 0.243 e. The zero-order valence-corrected chi connectivity index (χ0v) is 28.3. The average Bonchev–Trinajstić information content (AvgIpc) is 3.83. The Morgan fingerprint density at radius 2 is 1.55 bits per heavy atom. The van der Waals surface area contributed by atoms with Gasteiger partial charge in [0, 0.05) is 50.5 Å². The summed E-state index contributed by atoms with van der Waals surface area (Å²) in [5.41, 5.74) is 7.54. The molecule has 49 heavy (non-hydrogen) atoms. The second-order valence-electron chi connectivity index (χ2n) is 13.6. The minimum Gasteiger partial charge on any atom is -0.392 e. The van der Waals surface area contributed by atoms with E-state index in [-0.39, 0.29) is 37.6 Å². The molecule has 0 spiro atoms. The van der Waals surface area contributed by atoms with Gasteiger partial charge in [0.2, 0.25) is 11.8 Å². The quantitative estimate of drug-likeness (QED) is 0.136. The van der Waals surface area contributed by atoms with Crippen molar-refractivity contribution >= 4 is 11.8 Å². The van der Waals surface area contributed by atoms with Gasteiger partial charge in [-0.05, 0) is 91.7 Å². The molecule has 0 bridgehead atoms. The van der Waals surface area contributed by atoms with Gasteiger partial charge in [0.15, 0.2) is 6.29 Å². The molecule has 3 fully saturated rings. The molecule has 3 aliphatic heterocycles. The van der Waals surface area contributed by atoms with Gasteiger partial charge in [-0.2, -0.15) is 0 Å². The third kappa shape index (κ3) is 9.75. The van der Waals surface area contributed by atoms with Gasteiger partial charge in [-0.25, -0.2) is 5.48 Å². The summed E-state index contributed by atoms with van der Waals surface area (Å²) >= 11 is 0. The number of ether oxygens (including phenoxy) is 2. The second-order valence-corrected chi connectivity index (χ2v) is 13.6. The fourth-order valence-electron chi connectivity index (χ4n) is 7.38. The van der Waals surface area contributed by atoms with Crippen LogP contribution in [0.1, 0.15) is 86.0 Å². The van der Waals surface area contributed by atoms with E-state index in [1.54, 1.807) is 5.48 Å². The zero-order chi connectivity index (χ0) is 34.0. The molecular formula is C39H50N4O6. The van der Waals surface area contributed by atoms with Crippen LogP contribution in [0.3, 0.4) is 0 Å². The predicted molar refractivity (Wildman–Crippen MR) is 186 cm³/mol. The van der Waals surface area contributed by atoms with Crippen LogP contribution in [0.25, 0.3) is 11.1 Å². The Kier molecular flexibility index (Phi) is 12.5. The summed E-state index contributed by atoms with van der Waals surface area (Å²) in [7, 11) is 0. The summed E-state index contributed by atoms with van der Waals surface area (Å²) in [5.74, 6) is -0.640. The second kappa shape index (κ2) is 17.3. The Labute approximate surface area is 289 Å². The molecule has 3 heterocycles. The lowest BCUT2D eigenvalue weighted by molar-refractivity contribution is -0.253. The molecule has 6 rings (SSSR count). The Hall–Kier alpha value is -3.64. The number of hydrogen-bond acceptors (Lipinski definition) is 8. The fourth-order valence-corrected chi connectivity index (χ4v) is 7.38. The van der Waals surface area contributed by atoms with Crippen molar-refractivity contribution in [2.75, 3.05) is 32.7 Å². The molecule has 3 aromatic carbocycles. The summed E-state index contributed by atoms with van der Waals surface area (Å²) in [4.78, 5) is 28.8. The lowest BCUT2D eigenvalue weighted by atomic mass is 9.98. The summed E-state index contributed by atoms with van der Waals surface area (Å²) in [6.07, 6.45) is 5.86. The number of aliphatic hydroxyl groups excluding tert-OH is 1. The predicted octanol–water partition coefficient (Wildman–Crippen LogP) is 5.24. The van der Waals surface area contributed by atoms with E-state index >= 15 is 0 Å². The molecule has 0 saturated carbocycles. The Morgan fingerprint density at radius 1 is 0.796 bits per heavy atom. The standard InChI is InChI=1S/C39H50N4O6/c44-27-28-14-16-30(17-15-28)36-23-35(26-43-20-6-11-34(43)25-42-18-1-2-19-42)48-39(49-36)33-10-4-9-32(22-33)31-8-3-7-29(21-31)24-40-37(45)12-5-13-38(46)41-47/h3-4,7-10,14-17,21-22,34-36,39,44,47H,1-2,5-6,11-13,18-20,23-27H2,(H,40,45)(H,41,46). The normalized spacial score (nSPS) is 23.1. The topological polar surface area (TPSA) is 124 Å². The number of carbonyl (C=O) groups is 2. The molecule has 4 unspecified atom stereocenters. The van der Waals surface area contributed by atoms with E-state index in [0.717, 1.165) is 59.4 Å². The fraction of sp³-hybridized carbons (Fsp3) is 0.487. The molecule has 0 aliphatic carbocycles. The summed E-state index contributed by atoms with van der Waals surface area (Å²) in [5, 5.41) is 21.2. The van der Waals surface area contributed by atoms with Gasteiger partial charge in [-0.1, -0.05) is 60.7 Å². The number of aliphatic hydroxyl groups is 1. The van der Waals surface area contributed by atoms with E-state index < -0.39 is 12.2 Å². The Morgan fingerprint density at radius 3 is 2.33 bits per heavy atom. The van der Waals surface area contributed by atoms with E-state index in [0.29, 0.717) is 19.0 Å². The first-order valence-corrected chi connectivity index (χ1v) is 17.8. The van der Waals surface area contributed by atoms with E-state index in [4.69, 9.17) is 14.7 Å². The highest BCUT2D eigenvalue weighted by Crippen LogP contribution is 2.39. The van der Waals surface area contributed by atoms with E-state index in [1.165, 1.54) is 38.8 Å². The van der Waals surface area contributed by atoms with Gasteiger partial charge in [0.05, 0.1) is 18.8 Å². The number of nitrogens with zero attached hydrogens (tertiary/aromatic N) is 2. The highest BCUT2D eigenvalue weighted by atomic mass is 16.7. The summed E-state index contributed by atoms with van der Waals surface area (Å²) < 4.78 is 13.5. The van der Waals surface area contributed by atoms with Crippen molar-refractivity contribution in [2.45, 2.75) is 89.1 Å². The van der Waals surface area contributed by atoms with Crippen LogP contribution in [0.15, 0.2) is 72.8 Å². The van der Waals surface area contributed by atoms with Gasteiger partial charge in [-0.3, -0.25) is 19.7 Å². The van der Waals surface area contributed by atoms with Crippen molar-refractivity contribution in [3.63, 3.8) is 0 Å². The maximum Gasteiger partial charge on any atom is 0.243 e. The van der Waals surface area contributed by atoms with Gasteiger partial charge in [0.1, 0.15) is 0 Å². The van der Waals surface area contributed by atoms with Crippen LogP contribution in [0, 0.1) is 0 Å². The first kappa shape index (κ1) is 35.2. The number of likely N-dealkylation sites (tertiary alicyclic amines) is 2. The number of carbonyl (C=O) groups excluding carboxylic acids is 2. The molecule has 4 atom stereocenters. The average molecular weight is 671 g/mol. The van der Waals surface area contributed by atoms with Crippen LogP contribution in [0.4, 0.5) is 0 Å². The Bertz CT molecular complexity index is 1530. The van der Waals surface area contributed by atoms with E-state index in [2.05, 4.69) is 57.6 Å². The van der Waals surface area contributed by atoms with Gasteiger partial charge in [-0.15, -0.1) is 0 Å². The highest BCUT2D eigenvalue weighted by Gasteiger charge is 2.36. The first-order chi connectivity index (χ1) is 24.0. The lowest BCUT2D eigenvalue weighted by Gasteiger charge is -2.39. The van der Waals surface area contributed by atoms with E-state index in [9.17, 15) is 14.7 Å². The van der Waals surface area contributed by atoms with Crippen LogP contribution in [0.2, 0.25) is 0 Å². The molecule has 4 N–H and O–H groups in total. The summed E-state index contributed by atoms with van der Waals surface area (Å²) in [6.45, 7) is 5.95. The largest absolute Gasteiger partial charge is 0.392 e.